The van der Waals surface area contributed by atoms with Gasteiger partial charge in [-0.15, -0.1) is 0 Å². The molecule has 5 heteroatoms. The number of anilines is 1. The van der Waals surface area contributed by atoms with Gasteiger partial charge < -0.3 is 9.84 Å². The molecule has 0 aliphatic carbocycles. The van der Waals surface area contributed by atoms with E-state index < -0.39 is 6.09 Å². The lowest BCUT2D eigenvalue weighted by atomic mass is 9.79. The van der Waals surface area contributed by atoms with Crippen molar-refractivity contribution in [2.75, 3.05) is 5.32 Å². The van der Waals surface area contributed by atoms with Gasteiger partial charge in [0.1, 0.15) is 5.75 Å². The van der Waals surface area contributed by atoms with Crippen molar-refractivity contribution >= 4 is 17.7 Å². The van der Waals surface area contributed by atoms with Gasteiger partial charge in [-0.05, 0) is 18.2 Å². The van der Waals surface area contributed by atoms with E-state index in [0.717, 1.165) is 5.56 Å². The van der Waals surface area contributed by atoms with Crippen molar-refractivity contribution in [2.24, 2.45) is 0 Å². The summed E-state index contributed by atoms with van der Waals surface area (Å²) in [5.41, 5.74) is 0.964. The Morgan fingerprint density at radius 3 is 2.82 bits per heavy atom. The molecule has 1 amide bonds. The van der Waals surface area contributed by atoms with Crippen LogP contribution in [0.2, 0.25) is 0 Å². The molecule has 90 valence electrons. The molecule has 0 bridgehead atoms. The minimum absolute atomic E-state index is 0.263. The molecule has 1 aliphatic rings. The second-order valence-corrected chi connectivity index (χ2v) is 4.68. The fourth-order valence-electron chi connectivity index (χ4n) is 1.96. The third-order valence-corrected chi connectivity index (χ3v) is 2.77. The van der Waals surface area contributed by atoms with Crippen LogP contribution in [0.3, 0.4) is 0 Å². The lowest BCUT2D eigenvalue weighted by molar-refractivity contribution is -0.136. The van der Waals surface area contributed by atoms with Crippen LogP contribution < -0.4 is 10.1 Å². The van der Waals surface area contributed by atoms with E-state index in [9.17, 15) is 9.59 Å². The van der Waals surface area contributed by atoms with Crippen LogP contribution in [0.15, 0.2) is 18.2 Å². The van der Waals surface area contributed by atoms with Crippen molar-refractivity contribution in [3.05, 3.63) is 23.8 Å². The average Bonchev–Trinajstić information content (AvgIpc) is 2.17. The molecule has 0 saturated carbocycles. The second-order valence-electron chi connectivity index (χ2n) is 4.68. The minimum Gasteiger partial charge on any atom is -0.465 e. The lowest BCUT2D eigenvalue weighted by Crippen LogP contribution is -2.30. The summed E-state index contributed by atoms with van der Waals surface area (Å²) < 4.78 is 5.11. The van der Waals surface area contributed by atoms with Gasteiger partial charge in [0.25, 0.3) is 0 Å². The summed E-state index contributed by atoms with van der Waals surface area (Å²) in [5.74, 6) is 0.239. The number of rotatable bonds is 1. The van der Waals surface area contributed by atoms with Crippen molar-refractivity contribution in [2.45, 2.75) is 25.7 Å². The van der Waals surface area contributed by atoms with Gasteiger partial charge >= 0.3 is 12.1 Å². The van der Waals surface area contributed by atoms with Crippen LogP contribution in [0.25, 0.3) is 0 Å². The molecule has 0 unspecified atom stereocenters. The van der Waals surface area contributed by atoms with Gasteiger partial charge in [0.15, 0.2) is 0 Å². The number of hydrogen-bond acceptors (Lipinski definition) is 3. The second kappa shape index (κ2) is 3.76. The molecule has 0 saturated heterocycles. The summed E-state index contributed by atoms with van der Waals surface area (Å²) in [6.45, 7) is 3.85. The maximum Gasteiger partial charge on any atom is 0.409 e. The standard InChI is InChI=1S/C12H13NO4/c1-12(2)6-10(14)17-9-4-3-7(5-8(9)12)13-11(15)16/h3-5,13H,6H2,1-2H3,(H,15,16). The Kier molecular flexibility index (Phi) is 2.53. The van der Waals surface area contributed by atoms with Gasteiger partial charge in [0.2, 0.25) is 0 Å². The Hall–Kier alpha value is -2.04. The maximum atomic E-state index is 11.4. The first-order valence-corrected chi connectivity index (χ1v) is 5.24. The summed E-state index contributed by atoms with van der Waals surface area (Å²) in [6, 6.07) is 4.89. The van der Waals surface area contributed by atoms with Gasteiger partial charge in [0.05, 0.1) is 6.42 Å². The lowest BCUT2D eigenvalue weighted by Gasteiger charge is -2.31. The zero-order valence-electron chi connectivity index (χ0n) is 9.61. The average molecular weight is 235 g/mol. The highest BCUT2D eigenvalue weighted by Gasteiger charge is 2.33. The minimum atomic E-state index is -1.12. The molecular weight excluding hydrogens is 222 g/mol. The molecule has 2 N–H and O–H groups in total. The Balaban J connectivity index is 2.43. The van der Waals surface area contributed by atoms with Crippen LogP contribution in [0.5, 0.6) is 5.75 Å². The van der Waals surface area contributed by atoms with Gasteiger partial charge in [-0.3, -0.25) is 10.1 Å². The number of amides is 1. The topological polar surface area (TPSA) is 75.6 Å². The molecular formula is C12H13NO4. The molecule has 0 fully saturated rings. The fourth-order valence-corrected chi connectivity index (χ4v) is 1.96. The molecule has 2 rings (SSSR count). The molecule has 1 aromatic rings. The number of benzene rings is 1. The highest BCUT2D eigenvalue weighted by Crippen LogP contribution is 2.40. The Bertz CT molecular complexity index is 493. The third-order valence-electron chi connectivity index (χ3n) is 2.77. The van der Waals surface area contributed by atoms with Crippen LogP contribution in [0.4, 0.5) is 10.5 Å². The highest BCUT2D eigenvalue weighted by molar-refractivity contribution is 5.84. The molecule has 5 nitrogen and oxygen atoms in total. The largest absolute Gasteiger partial charge is 0.465 e. The number of carbonyl (C=O) groups is 2. The predicted octanol–water partition coefficient (Wildman–Crippen LogP) is 2.36. The quantitative estimate of drug-likeness (QED) is 0.578. The summed E-state index contributed by atoms with van der Waals surface area (Å²) in [4.78, 5) is 21.9. The molecule has 1 aliphatic heterocycles. The fraction of sp³-hybridized carbons (Fsp3) is 0.333. The first-order chi connectivity index (χ1) is 7.88. The van der Waals surface area contributed by atoms with E-state index in [2.05, 4.69) is 5.32 Å². The molecule has 1 aromatic carbocycles. The smallest absolute Gasteiger partial charge is 0.409 e. The van der Waals surface area contributed by atoms with Gasteiger partial charge in [-0.2, -0.15) is 0 Å². The monoisotopic (exact) mass is 235 g/mol. The molecule has 0 spiro atoms. The number of esters is 1. The highest BCUT2D eigenvalue weighted by atomic mass is 16.5. The number of hydrogen-bond donors (Lipinski definition) is 2. The Morgan fingerprint density at radius 1 is 1.47 bits per heavy atom. The first kappa shape index (κ1) is 11.4. The van der Waals surface area contributed by atoms with E-state index in [1.165, 1.54) is 0 Å². The summed E-state index contributed by atoms with van der Waals surface area (Å²) in [7, 11) is 0. The number of carbonyl (C=O) groups excluding carboxylic acids is 1. The number of nitrogens with one attached hydrogen (secondary N) is 1. The van der Waals surface area contributed by atoms with E-state index in [-0.39, 0.29) is 17.8 Å². The van der Waals surface area contributed by atoms with E-state index in [1.54, 1.807) is 18.2 Å². The van der Waals surface area contributed by atoms with Crippen molar-refractivity contribution in [3.63, 3.8) is 0 Å². The zero-order chi connectivity index (χ0) is 12.6. The van der Waals surface area contributed by atoms with E-state index >= 15 is 0 Å². The van der Waals surface area contributed by atoms with Gasteiger partial charge in [-0.25, -0.2) is 4.79 Å². The SMILES string of the molecule is CC1(C)CC(=O)Oc2ccc(NC(=O)O)cc21. The molecule has 0 aromatic heterocycles. The Labute approximate surface area is 98.4 Å². The number of carboxylic acid groups (broad SMARTS) is 1. The molecule has 1 heterocycles. The van der Waals surface area contributed by atoms with Gasteiger partial charge in [0, 0.05) is 16.7 Å². The third kappa shape index (κ3) is 2.22. The molecule has 17 heavy (non-hydrogen) atoms. The van der Waals surface area contributed by atoms with Gasteiger partial charge in [-0.1, -0.05) is 13.8 Å². The van der Waals surface area contributed by atoms with Crippen LogP contribution in [-0.2, 0) is 10.2 Å². The summed E-state index contributed by atoms with van der Waals surface area (Å²) in [6.07, 6.45) is -0.827. The normalized spacial score (nSPS) is 16.9. The van der Waals surface area contributed by atoms with E-state index in [4.69, 9.17) is 9.84 Å². The van der Waals surface area contributed by atoms with Crippen LogP contribution >= 0.6 is 0 Å². The predicted molar refractivity (Wildman–Crippen MR) is 61.4 cm³/mol. The first-order valence-electron chi connectivity index (χ1n) is 5.24. The summed E-state index contributed by atoms with van der Waals surface area (Å²) in [5, 5.41) is 10.9. The van der Waals surface area contributed by atoms with Crippen LogP contribution in [-0.4, -0.2) is 17.2 Å². The maximum absolute atomic E-state index is 11.4. The molecule has 0 radical (unpaired) electrons. The van der Waals surface area contributed by atoms with Crippen molar-refractivity contribution in [1.29, 1.82) is 0 Å². The summed E-state index contributed by atoms with van der Waals surface area (Å²) >= 11 is 0. The van der Waals surface area contributed by atoms with E-state index in [0.29, 0.717) is 11.4 Å². The van der Waals surface area contributed by atoms with Crippen LogP contribution in [0.1, 0.15) is 25.8 Å². The van der Waals surface area contributed by atoms with Crippen LogP contribution in [0, 0.1) is 0 Å². The number of ether oxygens (including phenoxy) is 1. The van der Waals surface area contributed by atoms with E-state index in [1.807, 2.05) is 13.8 Å². The van der Waals surface area contributed by atoms with Crippen molar-refractivity contribution in [1.82, 2.24) is 0 Å². The van der Waals surface area contributed by atoms with Crippen molar-refractivity contribution < 1.29 is 19.4 Å². The number of fused-ring (bicyclic) bond motifs is 1. The van der Waals surface area contributed by atoms with Crippen molar-refractivity contribution in [3.8, 4) is 5.75 Å². The Morgan fingerprint density at radius 2 is 2.18 bits per heavy atom. The molecule has 0 atom stereocenters. The zero-order valence-corrected chi connectivity index (χ0v) is 9.61.